The number of amides is 1. The molecule has 172 valence electrons. The zero-order valence-electron chi connectivity index (χ0n) is 17.8. The maximum atomic E-state index is 13.2. The normalized spacial score (nSPS) is 17.1. The van der Waals surface area contributed by atoms with Crippen molar-refractivity contribution in [2.45, 2.75) is 37.0 Å². The topological polar surface area (TPSA) is 125 Å². The summed E-state index contributed by atoms with van der Waals surface area (Å²) < 4.78 is 42.3. The number of nitrogens with zero attached hydrogens (tertiary/aromatic N) is 3. The number of carbonyl (C=O) groups is 1. The van der Waals surface area contributed by atoms with Crippen LogP contribution in [0.4, 0.5) is 0 Å². The molecule has 1 aliphatic rings. The quantitative estimate of drug-likeness (QED) is 0.539. The van der Waals surface area contributed by atoms with E-state index in [9.17, 15) is 18.0 Å². The van der Waals surface area contributed by atoms with Crippen LogP contribution in [-0.4, -0.2) is 41.8 Å². The number of halogens is 1. The number of sulfonamides is 1. The lowest BCUT2D eigenvalue weighted by Gasteiger charge is -2.20. The van der Waals surface area contributed by atoms with Crippen molar-refractivity contribution >= 4 is 42.9 Å². The lowest BCUT2D eigenvalue weighted by molar-refractivity contribution is 0.0777. The van der Waals surface area contributed by atoms with Crippen molar-refractivity contribution in [2.24, 2.45) is 14.1 Å². The smallest absolute Gasteiger partial charge is 0.328 e. The molecule has 3 heterocycles. The molecule has 1 atom stereocenters. The Morgan fingerprint density at radius 2 is 1.97 bits per heavy atom. The lowest BCUT2D eigenvalue weighted by Crippen LogP contribution is -2.32. The van der Waals surface area contributed by atoms with Crippen LogP contribution >= 0.6 is 15.9 Å². The van der Waals surface area contributed by atoms with Gasteiger partial charge in [-0.25, -0.2) is 17.9 Å². The minimum absolute atomic E-state index is 0.135. The van der Waals surface area contributed by atoms with Gasteiger partial charge in [-0.2, -0.15) is 0 Å². The van der Waals surface area contributed by atoms with Crippen LogP contribution in [0.2, 0.25) is 0 Å². The molecule has 1 fully saturated rings. The second-order valence-electron chi connectivity index (χ2n) is 7.74. The first kappa shape index (κ1) is 22.7. The maximum absolute atomic E-state index is 13.2. The molecule has 1 N–H and O–H groups in total. The van der Waals surface area contributed by atoms with Crippen LogP contribution < -0.4 is 10.4 Å². The SMILES string of the molecule is CCc1onc(C2CCCOC2)c1C(=O)NS(=O)(=O)c1cc2c(cc1Br)n(C)c(=O)n2C. The number of aromatic nitrogens is 3. The highest BCUT2D eigenvalue weighted by Crippen LogP contribution is 2.31. The van der Waals surface area contributed by atoms with E-state index in [1.54, 1.807) is 21.0 Å². The van der Waals surface area contributed by atoms with Crippen molar-refractivity contribution in [2.75, 3.05) is 13.2 Å². The van der Waals surface area contributed by atoms with Gasteiger partial charge in [-0.15, -0.1) is 0 Å². The van der Waals surface area contributed by atoms with Crippen molar-refractivity contribution in [3.8, 4) is 0 Å². The zero-order valence-corrected chi connectivity index (χ0v) is 20.2. The molecule has 1 amide bonds. The van der Waals surface area contributed by atoms with Gasteiger partial charge in [0.2, 0.25) is 0 Å². The third-order valence-electron chi connectivity index (χ3n) is 5.73. The van der Waals surface area contributed by atoms with E-state index in [0.717, 1.165) is 12.8 Å². The highest BCUT2D eigenvalue weighted by molar-refractivity contribution is 9.10. The van der Waals surface area contributed by atoms with Crippen LogP contribution in [0, 0.1) is 0 Å². The molecule has 4 rings (SSSR count). The molecule has 12 heteroatoms. The number of carbonyl (C=O) groups excluding carboxylic acids is 1. The summed E-state index contributed by atoms with van der Waals surface area (Å²) in [4.78, 5) is 25.2. The Morgan fingerprint density at radius 1 is 1.28 bits per heavy atom. The van der Waals surface area contributed by atoms with Gasteiger partial charge in [0.05, 0.1) is 17.6 Å². The Hall–Kier alpha value is -2.44. The third-order valence-corrected chi connectivity index (χ3v) is 8.02. The van der Waals surface area contributed by atoms with Gasteiger partial charge in [0.1, 0.15) is 21.9 Å². The van der Waals surface area contributed by atoms with Crippen molar-refractivity contribution in [3.05, 3.63) is 44.1 Å². The van der Waals surface area contributed by atoms with E-state index < -0.39 is 15.9 Å². The third kappa shape index (κ3) is 3.80. The van der Waals surface area contributed by atoms with Crippen LogP contribution in [0.15, 0.2) is 30.8 Å². The van der Waals surface area contributed by atoms with Gasteiger partial charge in [-0.1, -0.05) is 12.1 Å². The summed E-state index contributed by atoms with van der Waals surface area (Å²) in [6.07, 6.45) is 1.97. The van der Waals surface area contributed by atoms with Crippen LogP contribution in [0.3, 0.4) is 0 Å². The largest absolute Gasteiger partial charge is 0.381 e. The van der Waals surface area contributed by atoms with E-state index in [2.05, 4.69) is 25.8 Å². The van der Waals surface area contributed by atoms with Crippen molar-refractivity contribution in [1.29, 1.82) is 0 Å². The molecule has 1 aliphatic heterocycles. The number of hydrogen-bond donors (Lipinski definition) is 1. The summed E-state index contributed by atoms with van der Waals surface area (Å²) in [5.41, 5.74) is 1.24. The zero-order chi connectivity index (χ0) is 23.2. The summed E-state index contributed by atoms with van der Waals surface area (Å²) in [6.45, 7) is 2.84. The summed E-state index contributed by atoms with van der Waals surface area (Å²) in [6, 6.07) is 2.90. The molecule has 1 unspecified atom stereocenters. The van der Waals surface area contributed by atoms with Gasteiger partial charge < -0.3 is 9.26 Å². The fourth-order valence-corrected chi connectivity index (χ4v) is 6.00. The van der Waals surface area contributed by atoms with Gasteiger partial charge in [-0.3, -0.25) is 13.9 Å². The Bertz CT molecular complexity index is 1360. The van der Waals surface area contributed by atoms with Crippen LogP contribution in [0.5, 0.6) is 0 Å². The first-order valence-corrected chi connectivity index (χ1v) is 12.4. The summed E-state index contributed by atoms with van der Waals surface area (Å²) in [5.74, 6) is -0.631. The number of rotatable bonds is 5. The van der Waals surface area contributed by atoms with Gasteiger partial charge in [0, 0.05) is 37.5 Å². The second-order valence-corrected chi connectivity index (χ2v) is 10.2. The number of benzene rings is 1. The van der Waals surface area contributed by atoms with Crippen LogP contribution in [0.25, 0.3) is 11.0 Å². The first-order chi connectivity index (χ1) is 15.2. The minimum Gasteiger partial charge on any atom is -0.381 e. The Kier molecular flexibility index (Phi) is 6.03. The number of hydrogen-bond acceptors (Lipinski definition) is 7. The highest BCUT2D eigenvalue weighted by atomic mass is 79.9. The van der Waals surface area contributed by atoms with Crippen LogP contribution in [0.1, 0.15) is 47.5 Å². The fourth-order valence-electron chi connectivity index (χ4n) is 3.99. The monoisotopic (exact) mass is 526 g/mol. The number of ether oxygens (including phenoxy) is 1. The molecule has 1 aromatic carbocycles. The first-order valence-electron chi connectivity index (χ1n) is 10.1. The summed E-state index contributed by atoms with van der Waals surface area (Å²) in [7, 11) is -1.12. The van der Waals surface area contributed by atoms with E-state index in [4.69, 9.17) is 9.26 Å². The molecule has 3 aromatic rings. The molecular formula is C20H23BrN4O6S. The molecule has 0 bridgehead atoms. The molecule has 0 aliphatic carbocycles. The average molecular weight is 527 g/mol. The Morgan fingerprint density at radius 3 is 2.59 bits per heavy atom. The van der Waals surface area contributed by atoms with Crippen molar-refractivity contribution in [3.63, 3.8) is 0 Å². The molecule has 1 saturated heterocycles. The maximum Gasteiger partial charge on any atom is 0.328 e. The van der Waals surface area contributed by atoms with Crippen molar-refractivity contribution in [1.82, 2.24) is 19.0 Å². The molecule has 0 saturated carbocycles. The average Bonchev–Trinajstić information content (AvgIpc) is 3.29. The van der Waals surface area contributed by atoms with Gasteiger partial charge in [-0.05, 0) is 40.9 Å². The van der Waals surface area contributed by atoms with Crippen LogP contribution in [-0.2, 0) is 35.3 Å². The molecule has 0 radical (unpaired) electrons. The lowest BCUT2D eigenvalue weighted by atomic mass is 9.94. The minimum atomic E-state index is -4.27. The van der Waals surface area contributed by atoms with E-state index in [1.165, 1.54) is 21.3 Å². The van der Waals surface area contributed by atoms with Gasteiger partial charge >= 0.3 is 5.69 Å². The molecule has 0 spiro atoms. The summed E-state index contributed by atoms with van der Waals surface area (Å²) in [5, 5.41) is 4.06. The highest BCUT2D eigenvalue weighted by Gasteiger charge is 2.32. The standard InChI is InChI=1S/C20H23BrN4O6S/c1-4-15-17(18(22-31-15)11-6-5-7-30-10-11)19(26)23-32(28,29)16-9-14-13(8-12(16)21)24(2)20(27)25(14)3/h8-9,11H,4-7,10H2,1-3H3,(H,23,26). The molecule has 32 heavy (non-hydrogen) atoms. The predicted molar refractivity (Wildman–Crippen MR) is 119 cm³/mol. The van der Waals surface area contributed by atoms with E-state index in [1.807, 2.05) is 0 Å². The predicted octanol–water partition coefficient (Wildman–Crippen LogP) is 2.20. The number of fused-ring (bicyclic) bond motifs is 1. The number of nitrogens with one attached hydrogen (secondary N) is 1. The van der Waals surface area contributed by atoms with E-state index >= 15 is 0 Å². The van der Waals surface area contributed by atoms with E-state index in [-0.39, 0.29) is 26.5 Å². The van der Waals surface area contributed by atoms with Crippen molar-refractivity contribution < 1.29 is 22.5 Å². The number of aryl methyl sites for hydroxylation is 3. The van der Waals surface area contributed by atoms with Gasteiger partial charge in [0.15, 0.2) is 0 Å². The number of imidazole rings is 1. The fraction of sp³-hybridized carbons (Fsp3) is 0.450. The van der Waals surface area contributed by atoms with Gasteiger partial charge in [0.25, 0.3) is 15.9 Å². The molecule has 2 aromatic heterocycles. The Balaban J connectivity index is 1.73. The Labute approximate surface area is 192 Å². The molecule has 10 nitrogen and oxygen atoms in total. The summed E-state index contributed by atoms with van der Waals surface area (Å²) >= 11 is 3.26. The molecular weight excluding hydrogens is 504 g/mol. The second kappa shape index (κ2) is 8.49. The van der Waals surface area contributed by atoms with E-state index in [0.29, 0.717) is 42.1 Å².